The van der Waals surface area contributed by atoms with Crippen molar-refractivity contribution in [1.82, 2.24) is 0 Å². The first-order valence-corrected chi connectivity index (χ1v) is 6.89. The van der Waals surface area contributed by atoms with E-state index in [0.29, 0.717) is 6.42 Å². The molecule has 1 N–H and O–H groups in total. The van der Waals surface area contributed by atoms with Crippen LogP contribution in [0.1, 0.15) is 42.1 Å². The van der Waals surface area contributed by atoms with E-state index >= 15 is 0 Å². The lowest BCUT2D eigenvalue weighted by Gasteiger charge is -2.34. The van der Waals surface area contributed by atoms with E-state index in [-0.39, 0.29) is 12.2 Å². The predicted molar refractivity (Wildman–Crippen MR) is 71.4 cm³/mol. The average Bonchev–Trinajstić information content (AvgIpc) is 2.98. The van der Waals surface area contributed by atoms with E-state index in [2.05, 4.69) is 12.1 Å². The normalized spacial score (nSPS) is 34.2. The van der Waals surface area contributed by atoms with Crippen molar-refractivity contribution >= 4 is 0 Å². The molecule has 0 aromatic heterocycles. The molecule has 1 aromatic rings. The minimum atomic E-state index is -0.761. The third kappa shape index (κ3) is 1.79. The Labute approximate surface area is 113 Å². The first kappa shape index (κ1) is 12.7. The van der Waals surface area contributed by atoms with Crippen LogP contribution in [0.25, 0.3) is 0 Å². The number of benzene rings is 1. The smallest absolute Gasteiger partial charge is 0.116 e. The maximum Gasteiger partial charge on any atom is 0.116 e. The number of hydrogen-bond acceptors (Lipinski definition) is 3. The molecule has 2 bridgehead atoms. The highest BCUT2D eigenvalue weighted by atomic mass is 16.5. The molecular formula is C16H19NO2. The van der Waals surface area contributed by atoms with Gasteiger partial charge in [0.2, 0.25) is 0 Å². The molecule has 3 rings (SSSR count). The van der Waals surface area contributed by atoms with Gasteiger partial charge in [0, 0.05) is 0 Å². The molecule has 3 heteroatoms. The molecule has 0 spiro atoms. The van der Waals surface area contributed by atoms with Crippen LogP contribution in [0, 0.1) is 30.6 Å². The van der Waals surface area contributed by atoms with Gasteiger partial charge >= 0.3 is 0 Å². The molecule has 2 heterocycles. The number of hydrogen-bond donors (Lipinski definition) is 1. The number of ether oxygens (including phenoxy) is 1. The summed E-state index contributed by atoms with van der Waals surface area (Å²) in [6.45, 7) is 4.02. The molecule has 0 amide bonds. The van der Waals surface area contributed by atoms with Gasteiger partial charge in [0.1, 0.15) is 11.5 Å². The zero-order valence-electron chi connectivity index (χ0n) is 11.4. The van der Waals surface area contributed by atoms with Gasteiger partial charge in [-0.15, -0.1) is 0 Å². The Balaban J connectivity index is 1.99. The van der Waals surface area contributed by atoms with Crippen LogP contribution in [0.15, 0.2) is 18.2 Å². The number of nitrogens with zero attached hydrogens (tertiary/aromatic N) is 1. The summed E-state index contributed by atoms with van der Waals surface area (Å²) in [6, 6.07) is 8.36. The zero-order valence-corrected chi connectivity index (χ0v) is 11.4. The second-order valence-electron chi connectivity index (χ2n) is 5.94. The maximum absolute atomic E-state index is 10.8. The van der Waals surface area contributed by atoms with Gasteiger partial charge in [0.25, 0.3) is 0 Å². The molecule has 2 aliphatic heterocycles. The summed E-state index contributed by atoms with van der Waals surface area (Å²) in [5, 5.41) is 20.4. The summed E-state index contributed by atoms with van der Waals surface area (Å²) in [5.41, 5.74) is 2.32. The lowest BCUT2D eigenvalue weighted by Crippen LogP contribution is -2.37. The number of aryl methyl sites for hydroxylation is 2. The Bertz CT molecular complexity index is 548. The summed E-state index contributed by atoms with van der Waals surface area (Å²) in [4.78, 5) is 0. The van der Waals surface area contributed by atoms with Gasteiger partial charge < -0.3 is 9.84 Å². The predicted octanol–water partition coefficient (Wildman–Crippen LogP) is 2.80. The highest BCUT2D eigenvalue weighted by Gasteiger charge is 2.57. The Morgan fingerprint density at radius 1 is 1.42 bits per heavy atom. The standard InChI is InChI=1S/C16H19NO2/c1-10-3-5-13(11(2)7-10)15(18)16(9-17)8-12-4-6-14(16)19-12/h3,5,7,12,14-15,18H,4,6,8H2,1-2H3. The monoisotopic (exact) mass is 257 g/mol. The molecule has 0 saturated carbocycles. The van der Waals surface area contributed by atoms with E-state index in [0.717, 1.165) is 24.0 Å². The van der Waals surface area contributed by atoms with Crippen LogP contribution < -0.4 is 0 Å². The fourth-order valence-corrected chi connectivity index (χ4v) is 3.62. The van der Waals surface area contributed by atoms with Crippen molar-refractivity contribution < 1.29 is 9.84 Å². The first-order chi connectivity index (χ1) is 9.06. The summed E-state index contributed by atoms with van der Waals surface area (Å²) in [5.74, 6) is 0. The SMILES string of the molecule is Cc1ccc(C(O)C2(C#N)CC3CCC2O3)c(C)c1. The molecule has 3 nitrogen and oxygen atoms in total. The number of aliphatic hydroxyl groups is 1. The minimum absolute atomic E-state index is 0.113. The lowest BCUT2D eigenvalue weighted by atomic mass is 9.69. The lowest BCUT2D eigenvalue weighted by molar-refractivity contribution is 0.00312. The van der Waals surface area contributed by atoms with Gasteiger partial charge in [0.05, 0.1) is 18.3 Å². The highest BCUT2D eigenvalue weighted by Crippen LogP contribution is 2.54. The molecule has 19 heavy (non-hydrogen) atoms. The molecule has 2 aliphatic rings. The van der Waals surface area contributed by atoms with Crippen LogP contribution in [0.5, 0.6) is 0 Å². The van der Waals surface area contributed by atoms with Crippen molar-refractivity contribution in [2.75, 3.05) is 0 Å². The van der Waals surface area contributed by atoms with Crippen LogP contribution in [0.2, 0.25) is 0 Å². The number of aliphatic hydroxyl groups excluding tert-OH is 1. The van der Waals surface area contributed by atoms with E-state index in [9.17, 15) is 10.4 Å². The van der Waals surface area contributed by atoms with Crippen LogP contribution in [0.4, 0.5) is 0 Å². The minimum Gasteiger partial charge on any atom is -0.387 e. The van der Waals surface area contributed by atoms with Crippen LogP contribution in [0.3, 0.4) is 0 Å². The van der Waals surface area contributed by atoms with E-state index in [1.807, 2.05) is 26.0 Å². The number of nitriles is 1. The third-order valence-corrected chi connectivity index (χ3v) is 4.66. The van der Waals surface area contributed by atoms with Gasteiger partial charge in [-0.1, -0.05) is 23.8 Å². The fraction of sp³-hybridized carbons (Fsp3) is 0.562. The maximum atomic E-state index is 10.8. The summed E-state index contributed by atoms with van der Waals surface area (Å²) >= 11 is 0. The molecule has 2 fully saturated rings. The first-order valence-electron chi connectivity index (χ1n) is 6.89. The van der Waals surface area contributed by atoms with Crippen molar-refractivity contribution in [3.63, 3.8) is 0 Å². The Morgan fingerprint density at radius 3 is 2.74 bits per heavy atom. The van der Waals surface area contributed by atoms with Crippen molar-refractivity contribution in [1.29, 1.82) is 5.26 Å². The Hall–Kier alpha value is -1.37. The quantitative estimate of drug-likeness (QED) is 0.886. The van der Waals surface area contributed by atoms with Gasteiger partial charge in [0.15, 0.2) is 0 Å². The van der Waals surface area contributed by atoms with Crippen molar-refractivity contribution in [3.05, 3.63) is 34.9 Å². The molecule has 4 atom stereocenters. The largest absolute Gasteiger partial charge is 0.387 e. The van der Waals surface area contributed by atoms with Crippen LogP contribution in [-0.4, -0.2) is 17.3 Å². The van der Waals surface area contributed by atoms with E-state index in [4.69, 9.17) is 4.74 Å². The highest BCUT2D eigenvalue weighted by molar-refractivity contribution is 5.35. The van der Waals surface area contributed by atoms with Crippen molar-refractivity contribution in [2.24, 2.45) is 5.41 Å². The molecule has 1 aromatic carbocycles. The molecule has 0 radical (unpaired) electrons. The van der Waals surface area contributed by atoms with E-state index in [1.54, 1.807) is 0 Å². The Morgan fingerprint density at radius 2 is 2.21 bits per heavy atom. The van der Waals surface area contributed by atoms with Crippen LogP contribution in [-0.2, 0) is 4.74 Å². The fourth-order valence-electron chi connectivity index (χ4n) is 3.62. The van der Waals surface area contributed by atoms with E-state index < -0.39 is 11.5 Å². The Kier molecular flexibility index (Phi) is 2.88. The van der Waals surface area contributed by atoms with Crippen molar-refractivity contribution in [2.45, 2.75) is 51.4 Å². The third-order valence-electron chi connectivity index (χ3n) is 4.66. The molecule has 0 aliphatic carbocycles. The van der Waals surface area contributed by atoms with Gasteiger partial charge in [-0.25, -0.2) is 0 Å². The van der Waals surface area contributed by atoms with Gasteiger partial charge in [-0.3, -0.25) is 0 Å². The average molecular weight is 257 g/mol. The van der Waals surface area contributed by atoms with Gasteiger partial charge in [-0.2, -0.15) is 5.26 Å². The molecule has 2 saturated heterocycles. The molecule has 100 valence electrons. The van der Waals surface area contributed by atoms with E-state index in [1.165, 1.54) is 5.56 Å². The molecule has 4 unspecified atom stereocenters. The topological polar surface area (TPSA) is 53.2 Å². The summed E-state index contributed by atoms with van der Waals surface area (Å²) < 4.78 is 5.80. The number of fused-ring (bicyclic) bond motifs is 2. The summed E-state index contributed by atoms with van der Waals surface area (Å²) in [7, 11) is 0. The zero-order chi connectivity index (χ0) is 13.6. The van der Waals surface area contributed by atoms with Gasteiger partial charge in [-0.05, 0) is 44.2 Å². The van der Waals surface area contributed by atoms with Crippen LogP contribution >= 0.6 is 0 Å². The number of rotatable bonds is 2. The second kappa shape index (κ2) is 4.33. The molecular weight excluding hydrogens is 238 g/mol. The summed E-state index contributed by atoms with van der Waals surface area (Å²) in [6.07, 6.45) is 1.85. The van der Waals surface area contributed by atoms with Crippen molar-refractivity contribution in [3.8, 4) is 6.07 Å². The second-order valence-corrected chi connectivity index (χ2v) is 5.94.